The Kier molecular flexibility index (Phi) is 6.15. The summed E-state index contributed by atoms with van der Waals surface area (Å²) in [6.07, 6.45) is 8.51. The molecule has 5 rings (SSSR count). The molecule has 4 atom stereocenters. The first-order chi connectivity index (χ1) is 15.2. The molecule has 2 bridgehead atoms. The Morgan fingerprint density at radius 2 is 2.03 bits per heavy atom. The molecular formula is C26H36N4O. The lowest BCUT2D eigenvalue weighted by Gasteiger charge is -2.57. The highest BCUT2D eigenvalue weighted by Crippen LogP contribution is 2.42. The van der Waals surface area contributed by atoms with Gasteiger partial charge in [-0.3, -0.25) is 9.80 Å². The van der Waals surface area contributed by atoms with Crippen LogP contribution in [0.15, 0.2) is 42.6 Å². The van der Waals surface area contributed by atoms with Gasteiger partial charge >= 0.3 is 0 Å². The summed E-state index contributed by atoms with van der Waals surface area (Å²) in [6, 6.07) is 14.4. The van der Waals surface area contributed by atoms with Crippen LogP contribution in [0.3, 0.4) is 0 Å². The Balaban J connectivity index is 1.38. The first-order valence-corrected chi connectivity index (χ1v) is 12.0. The minimum absolute atomic E-state index is 0.633. The van der Waals surface area contributed by atoms with E-state index in [1.165, 1.54) is 56.4 Å². The minimum atomic E-state index is 0.633. The van der Waals surface area contributed by atoms with Gasteiger partial charge in [-0.05, 0) is 67.8 Å². The number of aromatic nitrogens is 1. The van der Waals surface area contributed by atoms with Crippen LogP contribution in [0.5, 0.6) is 5.75 Å². The second-order valence-electron chi connectivity index (χ2n) is 9.64. The summed E-state index contributed by atoms with van der Waals surface area (Å²) in [5.41, 5.74) is 2.73. The highest BCUT2D eigenvalue weighted by Gasteiger charge is 2.46. The van der Waals surface area contributed by atoms with Crippen LogP contribution in [0.25, 0.3) is 0 Å². The van der Waals surface area contributed by atoms with Crippen molar-refractivity contribution in [2.45, 2.75) is 50.7 Å². The van der Waals surface area contributed by atoms with Crippen molar-refractivity contribution < 1.29 is 4.74 Å². The third kappa shape index (κ3) is 4.31. The molecule has 3 saturated heterocycles. The summed E-state index contributed by atoms with van der Waals surface area (Å²) >= 11 is 0. The van der Waals surface area contributed by atoms with Crippen LogP contribution in [0.2, 0.25) is 0 Å². The Labute approximate surface area is 186 Å². The van der Waals surface area contributed by atoms with Crippen molar-refractivity contribution >= 4 is 5.82 Å². The number of methoxy groups -OCH3 is 1. The third-order valence-electron chi connectivity index (χ3n) is 7.80. The van der Waals surface area contributed by atoms with Gasteiger partial charge in [-0.1, -0.05) is 24.6 Å². The number of likely N-dealkylation sites (tertiary alicyclic amines) is 1. The van der Waals surface area contributed by atoms with Crippen molar-refractivity contribution in [2.75, 3.05) is 39.1 Å². The molecule has 0 unspecified atom stereocenters. The standard InChI is InChI=1S/C26H36N4O/c1-27-26-20(8-6-11-28-26)16-29-17-21-15-22(18-29)25(30-12-4-3-10-24(21)30)14-19-7-5-9-23(13-19)31-2/h5-9,11,13,21-22,24-25H,3-4,10,12,14-18H2,1-2H3,(H,27,28)/t21-,22+,24+,25+/m1/s1. The number of benzene rings is 1. The molecule has 0 radical (unpaired) electrons. The number of ether oxygens (including phenoxy) is 1. The van der Waals surface area contributed by atoms with E-state index in [0.29, 0.717) is 6.04 Å². The van der Waals surface area contributed by atoms with Gasteiger partial charge in [-0.2, -0.15) is 0 Å². The molecule has 0 saturated carbocycles. The number of pyridine rings is 1. The molecular weight excluding hydrogens is 384 g/mol. The monoisotopic (exact) mass is 420 g/mol. The quantitative estimate of drug-likeness (QED) is 0.764. The zero-order valence-electron chi connectivity index (χ0n) is 19.0. The second kappa shape index (κ2) is 9.17. The maximum absolute atomic E-state index is 5.50. The summed E-state index contributed by atoms with van der Waals surface area (Å²) in [6.45, 7) is 4.68. The molecule has 3 fully saturated rings. The van der Waals surface area contributed by atoms with E-state index in [-0.39, 0.29) is 0 Å². The van der Waals surface area contributed by atoms with Crippen LogP contribution in [-0.2, 0) is 13.0 Å². The summed E-state index contributed by atoms with van der Waals surface area (Å²) in [5, 5.41) is 3.28. The maximum atomic E-state index is 5.50. The molecule has 31 heavy (non-hydrogen) atoms. The molecule has 5 nitrogen and oxygen atoms in total. The van der Waals surface area contributed by atoms with Crippen molar-refractivity contribution in [3.8, 4) is 5.75 Å². The first kappa shape index (κ1) is 20.8. The smallest absolute Gasteiger partial charge is 0.130 e. The zero-order valence-corrected chi connectivity index (χ0v) is 19.0. The topological polar surface area (TPSA) is 40.6 Å². The van der Waals surface area contributed by atoms with E-state index in [9.17, 15) is 0 Å². The van der Waals surface area contributed by atoms with Gasteiger partial charge in [-0.15, -0.1) is 0 Å². The largest absolute Gasteiger partial charge is 0.497 e. The van der Waals surface area contributed by atoms with Gasteiger partial charge in [0, 0.05) is 50.5 Å². The number of anilines is 1. The van der Waals surface area contributed by atoms with Crippen LogP contribution in [0.1, 0.15) is 36.8 Å². The first-order valence-electron chi connectivity index (χ1n) is 12.0. The highest BCUT2D eigenvalue weighted by molar-refractivity contribution is 5.42. The molecule has 1 N–H and O–H groups in total. The molecule has 3 aliphatic heterocycles. The molecule has 0 spiro atoms. The number of nitrogens with zero attached hydrogens (tertiary/aromatic N) is 3. The average Bonchev–Trinajstić information content (AvgIpc) is 2.82. The van der Waals surface area contributed by atoms with E-state index < -0.39 is 0 Å². The molecule has 5 heteroatoms. The lowest BCUT2D eigenvalue weighted by atomic mass is 9.71. The Bertz CT molecular complexity index is 887. The number of nitrogens with one attached hydrogen (secondary N) is 1. The van der Waals surface area contributed by atoms with Gasteiger partial charge in [0.05, 0.1) is 7.11 Å². The fraction of sp³-hybridized carbons (Fsp3) is 0.577. The third-order valence-corrected chi connectivity index (χ3v) is 7.80. The summed E-state index contributed by atoms with van der Waals surface area (Å²) in [5.74, 6) is 3.53. The number of piperidine rings is 3. The van der Waals surface area contributed by atoms with Crippen LogP contribution >= 0.6 is 0 Å². The second-order valence-corrected chi connectivity index (χ2v) is 9.64. The fourth-order valence-electron chi connectivity index (χ4n) is 6.49. The SMILES string of the molecule is CNc1ncccc1CN1C[C@H]2C[C@@H](C1)[C@H](Cc1cccc(OC)c1)N1CCCC[C@@H]21. The van der Waals surface area contributed by atoms with Gasteiger partial charge in [0.1, 0.15) is 11.6 Å². The summed E-state index contributed by atoms with van der Waals surface area (Å²) in [4.78, 5) is 10.1. The number of hydrogen-bond acceptors (Lipinski definition) is 5. The lowest BCUT2D eigenvalue weighted by molar-refractivity contribution is -0.0729. The molecule has 0 aliphatic carbocycles. The van der Waals surface area contributed by atoms with Crippen molar-refractivity contribution in [1.29, 1.82) is 0 Å². The van der Waals surface area contributed by atoms with Crippen molar-refractivity contribution in [2.24, 2.45) is 11.8 Å². The molecule has 1 aromatic heterocycles. The maximum Gasteiger partial charge on any atom is 0.130 e. The molecule has 0 amide bonds. The van der Waals surface area contributed by atoms with E-state index in [0.717, 1.165) is 42.4 Å². The van der Waals surface area contributed by atoms with Gasteiger partial charge < -0.3 is 10.1 Å². The lowest BCUT2D eigenvalue weighted by Crippen LogP contribution is -2.63. The predicted octanol–water partition coefficient (Wildman–Crippen LogP) is 4.05. The van der Waals surface area contributed by atoms with Gasteiger partial charge in [0.25, 0.3) is 0 Å². The van der Waals surface area contributed by atoms with Gasteiger partial charge in [0.2, 0.25) is 0 Å². The molecule has 1 aromatic carbocycles. The Morgan fingerprint density at radius 1 is 1.13 bits per heavy atom. The number of fused-ring (bicyclic) bond motifs is 4. The molecule has 4 heterocycles. The predicted molar refractivity (Wildman–Crippen MR) is 125 cm³/mol. The highest BCUT2D eigenvalue weighted by atomic mass is 16.5. The van der Waals surface area contributed by atoms with Crippen LogP contribution < -0.4 is 10.1 Å². The van der Waals surface area contributed by atoms with E-state index in [1.807, 2.05) is 13.2 Å². The molecule has 2 aromatic rings. The van der Waals surface area contributed by atoms with E-state index in [4.69, 9.17) is 4.74 Å². The van der Waals surface area contributed by atoms with Crippen LogP contribution in [0, 0.1) is 11.8 Å². The van der Waals surface area contributed by atoms with Gasteiger partial charge in [0.15, 0.2) is 0 Å². The molecule has 166 valence electrons. The normalized spacial score (nSPS) is 28.7. The summed E-state index contributed by atoms with van der Waals surface area (Å²) in [7, 11) is 3.74. The van der Waals surface area contributed by atoms with E-state index in [1.54, 1.807) is 7.11 Å². The van der Waals surface area contributed by atoms with Crippen LogP contribution in [-0.4, -0.2) is 60.7 Å². The molecule has 3 aliphatic rings. The Hall–Kier alpha value is -2.11. The average molecular weight is 421 g/mol. The fourth-order valence-corrected chi connectivity index (χ4v) is 6.49. The van der Waals surface area contributed by atoms with E-state index in [2.05, 4.69) is 56.5 Å². The van der Waals surface area contributed by atoms with Crippen molar-refractivity contribution in [1.82, 2.24) is 14.8 Å². The zero-order chi connectivity index (χ0) is 21.2. The number of hydrogen-bond donors (Lipinski definition) is 1. The Morgan fingerprint density at radius 3 is 2.90 bits per heavy atom. The summed E-state index contributed by atoms with van der Waals surface area (Å²) < 4.78 is 5.50. The van der Waals surface area contributed by atoms with E-state index >= 15 is 0 Å². The van der Waals surface area contributed by atoms with Gasteiger partial charge in [-0.25, -0.2) is 4.98 Å². The number of rotatable bonds is 6. The van der Waals surface area contributed by atoms with Crippen molar-refractivity contribution in [3.05, 3.63) is 53.7 Å². The minimum Gasteiger partial charge on any atom is -0.497 e. The van der Waals surface area contributed by atoms with Crippen LogP contribution in [0.4, 0.5) is 5.82 Å². The van der Waals surface area contributed by atoms with Crippen molar-refractivity contribution in [3.63, 3.8) is 0 Å².